The summed E-state index contributed by atoms with van der Waals surface area (Å²) in [5.41, 5.74) is 2.17. The van der Waals surface area contributed by atoms with Crippen molar-refractivity contribution < 1.29 is 9.53 Å². The molecule has 2 aromatic carbocycles. The molecule has 1 aliphatic heterocycles. The average Bonchev–Trinajstić information content (AvgIpc) is 2.63. The molecular formula is C20H21NO2. The quantitative estimate of drug-likeness (QED) is 0.636. The summed E-state index contributed by atoms with van der Waals surface area (Å²) in [5, 5.41) is 0. The van der Waals surface area contributed by atoms with Crippen molar-refractivity contribution in [2.75, 3.05) is 18.1 Å². The van der Waals surface area contributed by atoms with E-state index in [-0.39, 0.29) is 17.9 Å². The molecule has 118 valence electrons. The third-order valence-electron chi connectivity index (χ3n) is 4.12. The molecule has 0 aliphatic carbocycles. The highest BCUT2D eigenvalue weighted by molar-refractivity contribution is 5.82. The summed E-state index contributed by atoms with van der Waals surface area (Å²) in [6.45, 7) is 2.95. The van der Waals surface area contributed by atoms with Gasteiger partial charge in [0.1, 0.15) is 6.04 Å². The molecule has 2 atom stereocenters. The zero-order valence-electron chi connectivity index (χ0n) is 13.3. The van der Waals surface area contributed by atoms with Gasteiger partial charge in [-0.25, -0.2) is 4.79 Å². The Labute approximate surface area is 137 Å². The molecule has 3 rings (SSSR count). The zero-order chi connectivity index (χ0) is 16.1. The number of rotatable bonds is 4. The Morgan fingerprint density at radius 2 is 1.74 bits per heavy atom. The first kappa shape index (κ1) is 15.3. The standard InChI is InChI=1S/C20H21NO2/c1-2-23-20(22)19-18(16-10-5-3-6-11-16)14-9-15-21(19)17-12-7-4-8-13-17/h3-14,18-19H,2,15H2,1H3/t18-,19-/m1/s1. The summed E-state index contributed by atoms with van der Waals surface area (Å²) in [6.07, 6.45) is 4.25. The smallest absolute Gasteiger partial charge is 0.329 e. The Morgan fingerprint density at radius 1 is 1.09 bits per heavy atom. The van der Waals surface area contributed by atoms with Crippen molar-refractivity contribution in [3.63, 3.8) is 0 Å². The van der Waals surface area contributed by atoms with E-state index in [9.17, 15) is 4.79 Å². The van der Waals surface area contributed by atoms with Gasteiger partial charge in [0.2, 0.25) is 0 Å². The molecule has 1 aliphatic rings. The predicted molar refractivity (Wildman–Crippen MR) is 92.5 cm³/mol. The second-order valence-electron chi connectivity index (χ2n) is 5.55. The number of para-hydroxylation sites is 1. The maximum absolute atomic E-state index is 12.7. The summed E-state index contributed by atoms with van der Waals surface area (Å²) in [5.74, 6) is -0.182. The molecule has 0 radical (unpaired) electrons. The lowest BCUT2D eigenvalue weighted by Gasteiger charge is -2.38. The van der Waals surface area contributed by atoms with Crippen LogP contribution in [-0.4, -0.2) is 25.2 Å². The van der Waals surface area contributed by atoms with Gasteiger partial charge in [-0.05, 0) is 24.6 Å². The summed E-state index contributed by atoms with van der Waals surface area (Å²) in [6, 6.07) is 19.8. The summed E-state index contributed by atoms with van der Waals surface area (Å²) in [4.78, 5) is 14.8. The SMILES string of the molecule is CCOC(=O)[C@H]1[C@@H](c2ccccc2)C=CCN1c1ccccc1. The zero-order valence-corrected chi connectivity index (χ0v) is 13.3. The number of hydrogen-bond donors (Lipinski definition) is 0. The normalized spacial score (nSPS) is 20.3. The van der Waals surface area contributed by atoms with Crippen LogP contribution < -0.4 is 4.90 Å². The van der Waals surface area contributed by atoms with Crippen LogP contribution in [0.2, 0.25) is 0 Å². The van der Waals surface area contributed by atoms with Gasteiger partial charge in [0.15, 0.2) is 0 Å². The largest absolute Gasteiger partial charge is 0.464 e. The summed E-state index contributed by atoms with van der Waals surface area (Å²) < 4.78 is 5.37. The number of carbonyl (C=O) groups is 1. The molecular weight excluding hydrogens is 286 g/mol. The van der Waals surface area contributed by atoms with E-state index < -0.39 is 0 Å². The van der Waals surface area contributed by atoms with E-state index >= 15 is 0 Å². The van der Waals surface area contributed by atoms with Crippen LogP contribution in [-0.2, 0) is 9.53 Å². The first-order valence-electron chi connectivity index (χ1n) is 8.01. The molecule has 0 N–H and O–H groups in total. The maximum Gasteiger partial charge on any atom is 0.329 e. The minimum atomic E-state index is -0.343. The van der Waals surface area contributed by atoms with Crippen LogP contribution in [0.25, 0.3) is 0 Å². The van der Waals surface area contributed by atoms with Gasteiger partial charge >= 0.3 is 5.97 Å². The molecule has 0 bridgehead atoms. The van der Waals surface area contributed by atoms with Gasteiger partial charge in [-0.1, -0.05) is 60.7 Å². The Balaban J connectivity index is 2.00. The van der Waals surface area contributed by atoms with Crippen LogP contribution in [0.3, 0.4) is 0 Å². The lowest BCUT2D eigenvalue weighted by molar-refractivity contribution is -0.145. The Morgan fingerprint density at radius 3 is 2.39 bits per heavy atom. The van der Waals surface area contributed by atoms with Crippen molar-refractivity contribution in [1.29, 1.82) is 0 Å². The van der Waals surface area contributed by atoms with Crippen molar-refractivity contribution in [3.05, 3.63) is 78.4 Å². The van der Waals surface area contributed by atoms with E-state index in [0.29, 0.717) is 13.2 Å². The molecule has 0 fully saturated rings. The third kappa shape index (κ3) is 3.29. The molecule has 0 unspecified atom stereocenters. The van der Waals surface area contributed by atoms with E-state index in [1.807, 2.05) is 55.5 Å². The summed E-state index contributed by atoms with van der Waals surface area (Å²) >= 11 is 0. The lowest BCUT2D eigenvalue weighted by Crippen LogP contribution is -2.48. The van der Waals surface area contributed by atoms with Crippen LogP contribution in [0.4, 0.5) is 5.69 Å². The van der Waals surface area contributed by atoms with Crippen molar-refractivity contribution in [2.24, 2.45) is 0 Å². The van der Waals surface area contributed by atoms with Crippen LogP contribution in [0.1, 0.15) is 18.4 Å². The van der Waals surface area contributed by atoms with Crippen molar-refractivity contribution in [3.8, 4) is 0 Å². The Bertz CT molecular complexity index is 667. The van der Waals surface area contributed by atoms with Gasteiger partial charge in [0, 0.05) is 18.2 Å². The first-order valence-corrected chi connectivity index (χ1v) is 8.01. The van der Waals surface area contributed by atoms with Crippen LogP contribution >= 0.6 is 0 Å². The van der Waals surface area contributed by atoms with E-state index in [1.165, 1.54) is 0 Å². The monoisotopic (exact) mass is 307 g/mol. The number of nitrogens with zero attached hydrogens (tertiary/aromatic N) is 1. The number of esters is 1. The van der Waals surface area contributed by atoms with Crippen molar-refractivity contribution >= 4 is 11.7 Å². The second kappa shape index (κ2) is 7.14. The molecule has 1 heterocycles. The molecule has 0 aromatic heterocycles. The fraction of sp³-hybridized carbons (Fsp3) is 0.250. The lowest BCUT2D eigenvalue weighted by atomic mass is 9.87. The number of hydrogen-bond acceptors (Lipinski definition) is 3. The molecule has 0 amide bonds. The third-order valence-corrected chi connectivity index (χ3v) is 4.12. The molecule has 0 saturated carbocycles. The topological polar surface area (TPSA) is 29.5 Å². The number of carbonyl (C=O) groups excluding carboxylic acids is 1. The van der Waals surface area contributed by atoms with Gasteiger partial charge < -0.3 is 9.64 Å². The molecule has 3 heteroatoms. The van der Waals surface area contributed by atoms with Crippen molar-refractivity contribution in [1.82, 2.24) is 0 Å². The minimum absolute atomic E-state index is 0.00999. The number of ether oxygens (including phenoxy) is 1. The second-order valence-corrected chi connectivity index (χ2v) is 5.55. The maximum atomic E-state index is 12.7. The molecule has 23 heavy (non-hydrogen) atoms. The molecule has 0 spiro atoms. The highest BCUT2D eigenvalue weighted by atomic mass is 16.5. The molecule has 0 saturated heterocycles. The van der Waals surface area contributed by atoms with Crippen LogP contribution in [0.15, 0.2) is 72.8 Å². The summed E-state index contributed by atoms with van der Waals surface area (Å²) in [7, 11) is 0. The van der Waals surface area contributed by atoms with Crippen LogP contribution in [0.5, 0.6) is 0 Å². The van der Waals surface area contributed by atoms with Gasteiger partial charge in [-0.3, -0.25) is 0 Å². The Kier molecular flexibility index (Phi) is 4.77. The minimum Gasteiger partial charge on any atom is -0.464 e. The van der Waals surface area contributed by atoms with Crippen molar-refractivity contribution in [2.45, 2.75) is 18.9 Å². The fourth-order valence-corrected chi connectivity index (χ4v) is 3.09. The number of anilines is 1. The van der Waals surface area contributed by atoms with Gasteiger partial charge in [0.05, 0.1) is 6.61 Å². The van der Waals surface area contributed by atoms with Gasteiger partial charge in [-0.2, -0.15) is 0 Å². The highest BCUT2D eigenvalue weighted by Gasteiger charge is 2.36. The van der Waals surface area contributed by atoms with E-state index in [4.69, 9.17) is 4.74 Å². The van der Waals surface area contributed by atoms with Gasteiger partial charge in [-0.15, -0.1) is 0 Å². The number of benzene rings is 2. The fourth-order valence-electron chi connectivity index (χ4n) is 3.09. The van der Waals surface area contributed by atoms with Crippen LogP contribution in [0, 0.1) is 0 Å². The van der Waals surface area contributed by atoms with E-state index in [1.54, 1.807) is 0 Å². The van der Waals surface area contributed by atoms with E-state index in [2.05, 4.69) is 29.2 Å². The predicted octanol–water partition coefficient (Wildman–Crippen LogP) is 3.78. The Hall–Kier alpha value is -2.55. The van der Waals surface area contributed by atoms with Gasteiger partial charge in [0.25, 0.3) is 0 Å². The molecule has 2 aromatic rings. The highest BCUT2D eigenvalue weighted by Crippen LogP contribution is 2.32. The average molecular weight is 307 g/mol. The first-order chi connectivity index (χ1) is 11.3. The van der Waals surface area contributed by atoms with E-state index in [0.717, 1.165) is 11.3 Å². The molecule has 3 nitrogen and oxygen atoms in total.